The van der Waals surface area contributed by atoms with Crippen molar-refractivity contribution in [3.63, 3.8) is 0 Å². The third kappa shape index (κ3) is 5.88. The first-order valence-electron chi connectivity index (χ1n) is 19.4. The van der Waals surface area contributed by atoms with Crippen molar-refractivity contribution < 1.29 is 0 Å². The van der Waals surface area contributed by atoms with Gasteiger partial charge in [0.25, 0.3) is 0 Å². The molecule has 3 heteroatoms. The Morgan fingerprint density at radius 2 is 0.737 bits per heavy atom. The van der Waals surface area contributed by atoms with Crippen molar-refractivity contribution in [1.82, 2.24) is 4.57 Å². The minimum absolute atomic E-state index is 1.10. The molecule has 57 heavy (non-hydrogen) atoms. The smallest absolute Gasteiger partial charge is 0.0541 e. The number of benzene rings is 9. The van der Waals surface area contributed by atoms with Gasteiger partial charge in [-0.3, -0.25) is 0 Å². The first-order chi connectivity index (χ1) is 28.2. The fourth-order valence-corrected chi connectivity index (χ4v) is 9.58. The van der Waals surface area contributed by atoms with Gasteiger partial charge < -0.3 is 9.47 Å². The summed E-state index contributed by atoms with van der Waals surface area (Å²) < 4.78 is 4.97. The largest absolute Gasteiger partial charge is 0.310 e. The zero-order valence-electron chi connectivity index (χ0n) is 31.1. The molecule has 0 atom stereocenters. The van der Waals surface area contributed by atoms with Gasteiger partial charge in [0.05, 0.1) is 11.0 Å². The molecule has 0 amide bonds. The second-order valence-electron chi connectivity index (χ2n) is 14.6. The van der Waals surface area contributed by atoms with E-state index >= 15 is 0 Å². The van der Waals surface area contributed by atoms with Crippen LogP contribution in [0.5, 0.6) is 0 Å². The Kier molecular flexibility index (Phi) is 8.04. The Hall–Kier alpha value is -7.20. The summed E-state index contributed by atoms with van der Waals surface area (Å²) in [5.41, 5.74) is 14.1. The second kappa shape index (κ2) is 13.8. The Labute approximate surface area is 335 Å². The average Bonchev–Trinajstić information content (AvgIpc) is 3.83. The molecule has 11 rings (SSSR count). The number of anilines is 3. The van der Waals surface area contributed by atoms with Gasteiger partial charge in [-0.1, -0.05) is 133 Å². The fourth-order valence-electron chi connectivity index (χ4n) is 8.44. The SMILES string of the molecule is c1ccc(-c2cc(-c3ccccc3)cc(-c3ccc(N(c4ccc(-n5c6ccccc6c6ccccc65)cc4)c4ccc5c(c4)sc4ccccc45)cc3)c2)cc1. The van der Waals surface area contributed by atoms with Gasteiger partial charge in [0.2, 0.25) is 0 Å². The molecule has 0 spiro atoms. The minimum atomic E-state index is 1.10. The first kappa shape index (κ1) is 33.2. The van der Waals surface area contributed by atoms with Gasteiger partial charge in [0.1, 0.15) is 0 Å². The van der Waals surface area contributed by atoms with Gasteiger partial charge in [-0.05, 0) is 118 Å². The highest BCUT2D eigenvalue weighted by Gasteiger charge is 2.17. The Balaban J connectivity index is 1.03. The van der Waals surface area contributed by atoms with E-state index in [0.717, 1.165) is 22.7 Å². The Morgan fingerprint density at radius 1 is 0.298 bits per heavy atom. The van der Waals surface area contributed by atoms with E-state index < -0.39 is 0 Å². The van der Waals surface area contributed by atoms with Crippen LogP contribution in [0.4, 0.5) is 17.1 Å². The summed E-state index contributed by atoms with van der Waals surface area (Å²) >= 11 is 1.86. The lowest BCUT2D eigenvalue weighted by Crippen LogP contribution is -2.10. The van der Waals surface area contributed by atoms with Crippen LogP contribution in [0.25, 0.3) is 81.0 Å². The summed E-state index contributed by atoms with van der Waals surface area (Å²) in [6, 6.07) is 79.4. The number of rotatable bonds is 7. The fraction of sp³-hybridized carbons (Fsp3) is 0. The van der Waals surface area contributed by atoms with E-state index in [9.17, 15) is 0 Å². The molecule has 0 aliphatic rings. The molecular weight excluding hydrogens is 709 g/mol. The lowest BCUT2D eigenvalue weighted by Gasteiger charge is -2.26. The van der Waals surface area contributed by atoms with Crippen LogP contribution in [0.1, 0.15) is 0 Å². The van der Waals surface area contributed by atoms with Crippen molar-refractivity contribution in [2.75, 3.05) is 4.90 Å². The molecule has 0 bridgehead atoms. The monoisotopic (exact) mass is 744 g/mol. The average molecular weight is 745 g/mol. The van der Waals surface area contributed by atoms with Crippen molar-refractivity contribution in [3.05, 3.63) is 218 Å². The molecule has 0 unspecified atom stereocenters. The topological polar surface area (TPSA) is 8.17 Å². The second-order valence-corrected chi connectivity index (χ2v) is 15.7. The maximum absolute atomic E-state index is 2.39. The Bertz CT molecular complexity index is 3100. The van der Waals surface area contributed by atoms with Gasteiger partial charge in [-0.2, -0.15) is 0 Å². The van der Waals surface area contributed by atoms with Crippen LogP contribution in [-0.2, 0) is 0 Å². The molecule has 2 heterocycles. The molecule has 268 valence electrons. The molecule has 0 fully saturated rings. The Morgan fingerprint density at radius 3 is 1.32 bits per heavy atom. The third-order valence-electron chi connectivity index (χ3n) is 11.2. The molecule has 0 N–H and O–H groups in total. The van der Waals surface area contributed by atoms with Gasteiger partial charge in [0, 0.05) is 53.7 Å². The number of hydrogen-bond donors (Lipinski definition) is 0. The molecule has 9 aromatic carbocycles. The van der Waals surface area contributed by atoms with Crippen molar-refractivity contribution in [2.45, 2.75) is 0 Å². The molecule has 0 aliphatic carbocycles. The van der Waals surface area contributed by atoms with E-state index in [1.54, 1.807) is 0 Å². The van der Waals surface area contributed by atoms with Crippen LogP contribution in [-0.4, -0.2) is 4.57 Å². The molecule has 0 saturated heterocycles. The zero-order chi connectivity index (χ0) is 37.7. The molecule has 2 nitrogen and oxygen atoms in total. The van der Waals surface area contributed by atoms with Crippen LogP contribution >= 0.6 is 11.3 Å². The van der Waals surface area contributed by atoms with E-state index in [0.29, 0.717) is 0 Å². The highest BCUT2D eigenvalue weighted by molar-refractivity contribution is 7.25. The first-order valence-corrected chi connectivity index (χ1v) is 20.2. The number of hydrogen-bond acceptors (Lipinski definition) is 2. The predicted molar refractivity (Wildman–Crippen MR) is 245 cm³/mol. The maximum Gasteiger partial charge on any atom is 0.0541 e. The maximum atomic E-state index is 2.39. The van der Waals surface area contributed by atoms with E-state index in [2.05, 4.69) is 228 Å². The number of nitrogens with zero attached hydrogens (tertiary/aromatic N) is 2. The third-order valence-corrected chi connectivity index (χ3v) is 12.3. The van der Waals surface area contributed by atoms with Gasteiger partial charge in [-0.25, -0.2) is 0 Å². The molecule has 2 aromatic heterocycles. The summed E-state index contributed by atoms with van der Waals surface area (Å²) in [5.74, 6) is 0. The molecule has 0 saturated carbocycles. The van der Waals surface area contributed by atoms with Crippen LogP contribution in [0, 0.1) is 0 Å². The summed E-state index contributed by atoms with van der Waals surface area (Å²) in [6.45, 7) is 0. The lowest BCUT2D eigenvalue weighted by molar-refractivity contribution is 1.17. The van der Waals surface area contributed by atoms with Crippen LogP contribution in [0.3, 0.4) is 0 Å². The standard InChI is InChI=1S/C54H36N2S/c1-3-13-37(14-4-1)40-33-41(38-15-5-2-6-16-38)35-42(34-40)39-23-25-43(26-24-39)55(46-31-32-50-49-19-9-12-22-53(49)57-54(50)36-46)44-27-29-45(30-28-44)56-51-20-10-7-17-47(51)48-18-8-11-21-52(48)56/h1-36H. The summed E-state index contributed by atoms with van der Waals surface area (Å²) in [5, 5.41) is 5.13. The van der Waals surface area contributed by atoms with E-state index in [4.69, 9.17) is 0 Å². The number of fused-ring (bicyclic) bond motifs is 6. The highest BCUT2D eigenvalue weighted by Crippen LogP contribution is 2.42. The van der Waals surface area contributed by atoms with E-state index in [1.807, 2.05) is 11.3 Å². The van der Waals surface area contributed by atoms with Crippen molar-refractivity contribution in [2.24, 2.45) is 0 Å². The number of para-hydroxylation sites is 2. The van der Waals surface area contributed by atoms with Crippen molar-refractivity contribution in [1.29, 1.82) is 0 Å². The summed E-state index contributed by atoms with van der Waals surface area (Å²) in [7, 11) is 0. The quantitative estimate of drug-likeness (QED) is 0.158. The number of thiophene rings is 1. The van der Waals surface area contributed by atoms with E-state index in [1.165, 1.54) is 75.4 Å². The summed E-state index contributed by atoms with van der Waals surface area (Å²) in [4.78, 5) is 2.39. The summed E-state index contributed by atoms with van der Waals surface area (Å²) in [6.07, 6.45) is 0. The van der Waals surface area contributed by atoms with Crippen molar-refractivity contribution >= 4 is 70.4 Å². The zero-order valence-corrected chi connectivity index (χ0v) is 31.9. The van der Waals surface area contributed by atoms with Crippen LogP contribution in [0.15, 0.2) is 218 Å². The molecule has 0 radical (unpaired) electrons. The number of aromatic nitrogens is 1. The predicted octanol–water partition coefficient (Wildman–Crippen LogP) is 15.6. The van der Waals surface area contributed by atoms with E-state index in [-0.39, 0.29) is 0 Å². The normalized spacial score (nSPS) is 11.5. The van der Waals surface area contributed by atoms with Gasteiger partial charge in [0.15, 0.2) is 0 Å². The lowest BCUT2D eigenvalue weighted by atomic mass is 9.93. The molecule has 11 aromatic rings. The van der Waals surface area contributed by atoms with Gasteiger partial charge >= 0.3 is 0 Å². The minimum Gasteiger partial charge on any atom is -0.310 e. The molecular formula is C54H36N2S. The molecule has 0 aliphatic heterocycles. The van der Waals surface area contributed by atoms with Crippen LogP contribution < -0.4 is 4.90 Å². The van der Waals surface area contributed by atoms with Gasteiger partial charge in [-0.15, -0.1) is 11.3 Å². The van der Waals surface area contributed by atoms with Crippen LogP contribution in [0.2, 0.25) is 0 Å². The van der Waals surface area contributed by atoms with Crippen molar-refractivity contribution in [3.8, 4) is 39.1 Å². The highest BCUT2D eigenvalue weighted by atomic mass is 32.1.